The number of carbonyl (C=O) groups is 1. The highest BCUT2D eigenvalue weighted by Gasteiger charge is 2.13. The van der Waals surface area contributed by atoms with E-state index < -0.39 is 0 Å². The predicted octanol–water partition coefficient (Wildman–Crippen LogP) is -0.102. The summed E-state index contributed by atoms with van der Waals surface area (Å²) in [5, 5.41) is 5.92. The number of carbonyl (C=O) groups excluding carboxylic acids is 1. The van der Waals surface area contributed by atoms with Crippen molar-refractivity contribution in [2.75, 3.05) is 50.4 Å². The zero-order valence-electron chi connectivity index (χ0n) is 17.5. The number of hydrogen-bond donors (Lipinski definition) is 3. The molecule has 1 saturated heterocycles. The van der Waals surface area contributed by atoms with Crippen LogP contribution in [0.15, 0.2) is 23.1 Å². The van der Waals surface area contributed by atoms with Crippen LogP contribution < -0.4 is 21.9 Å². The zero-order valence-corrected chi connectivity index (χ0v) is 17.5. The van der Waals surface area contributed by atoms with Gasteiger partial charge in [-0.3, -0.25) is 19.1 Å². The van der Waals surface area contributed by atoms with E-state index in [4.69, 9.17) is 10.5 Å². The smallest absolute Gasteiger partial charge is 0.293 e. The van der Waals surface area contributed by atoms with Gasteiger partial charge in [-0.05, 0) is 25.5 Å². The van der Waals surface area contributed by atoms with E-state index in [1.165, 1.54) is 4.57 Å². The Balaban J connectivity index is 1.57. The highest BCUT2D eigenvalue weighted by atomic mass is 16.5. The quantitative estimate of drug-likeness (QED) is 0.545. The number of pyridine rings is 1. The fourth-order valence-electron chi connectivity index (χ4n) is 3.24. The number of hydrogen-bond acceptors (Lipinski definition) is 8. The summed E-state index contributed by atoms with van der Waals surface area (Å²) in [5.41, 5.74) is 7.61. The van der Waals surface area contributed by atoms with Crippen LogP contribution in [0.4, 0.5) is 11.6 Å². The maximum Gasteiger partial charge on any atom is 0.293 e. The van der Waals surface area contributed by atoms with Gasteiger partial charge in [0.2, 0.25) is 5.91 Å². The predicted molar refractivity (Wildman–Crippen MR) is 114 cm³/mol. The Bertz CT molecular complexity index is 938. The molecule has 1 amide bonds. The molecule has 30 heavy (non-hydrogen) atoms. The summed E-state index contributed by atoms with van der Waals surface area (Å²) < 4.78 is 6.76. The first-order valence-electron chi connectivity index (χ1n) is 10.0. The van der Waals surface area contributed by atoms with Crippen molar-refractivity contribution in [1.82, 2.24) is 24.8 Å². The molecule has 0 radical (unpaired) electrons. The van der Waals surface area contributed by atoms with E-state index in [-0.39, 0.29) is 23.8 Å². The summed E-state index contributed by atoms with van der Waals surface area (Å²) >= 11 is 0. The second kappa shape index (κ2) is 10.2. The molecule has 0 spiro atoms. The first kappa shape index (κ1) is 21.7. The van der Waals surface area contributed by atoms with E-state index in [1.807, 2.05) is 13.0 Å². The standard InChI is InChI=1S/C20H29N7O3/c1-14-11-24-19(22-5-6-26-7-9-30-10-8-26)20(29)27(14)13-18(28)23-12-16-3-4-17(21)25-15(16)2/h3-4,11H,5-10,12-13H2,1-2H3,(H2,21,25)(H,22,24)(H,23,28). The Morgan fingerprint density at radius 3 is 2.77 bits per heavy atom. The lowest BCUT2D eigenvalue weighted by Gasteiger charge is -2.26. The van der Waals surface area contributed by atoms with Gasteiger partial charge in [0, 0.05) is 50.3 Å². The Kier molecular flexibility index (Phi) is 7.36. The highest BCUT2D eigenvalue weighted by molar-refractivity contribution is 5.75. The van der Waals surface area contributed by atoms with Crippen LogP contribution in [0.3, 0.4) is 0 Å². The van der Waals surface area contributed by atoms with Crippen molar-refractivity contribution < 1.29 is 9.53 Å². The maximum atomic E-state index is 12.8. The SMILES string of the molecule is Cc1nc(N)ccc1CNC(=O)Cn1c(C)cnc(NCCN2CCOCC2)c1=O. The largest absolute Gasteiger partial charge is 0.384 e. The van der Waals surface area contributed by atoms with Crippen molar-refractivity contribution in [1.29, 1.82) is 0 Å². The molecule has 0 bridgehead atoms. The third kappa shape index (κ3) is 5.77. The van der Waals surface area contributed by atoms with Crippen molar-refractivity contribution in [3.8, 4) is 0 Å². The molecular weight excluding hydrogens is 386 g/mol. The third-order valence-corrected chi connectivity index (χ3v) is 5.07. The summed E-state index contributed by atoms with van der Waals surface area (Å²) in [6.45, 7) is 8.47. The normalized spacial score (nSPS) is 14.5. The number of nitrogens with one attached hydrogen (secondary N) is 2. The van der Waals surface area contributed by atoms with Gasteiger partial charge in [-0.1, -0.05) is 6.07 Å². The van der Waals surface area contributed by atoms with E-state index in [0.29, 0.717) is 24.6 Å². The molecule has 10 nitrogen and oxygen atoms in total. The average molecular weight is 415 g/mol. The molecule has 3 heterocycles. The van der Waals surface area contributed by atoms with Gasteiger partial charge in [0.05, 0.1) is 13.2 Å². The fraction of sp³-hybridized carbons (Fsp3) is 0.500. The van der Waals surface area contributed by atoms with Crippen LogP contribution in [0.2, 0.25) is 0 Å². The number of morpholine rings is 1. The van der Waals surface area contributed by atoms with E-state index >= 15 is 0 Å². The molecule has 2 aromatic heterocycles. The lowest BCUT2D eigenvalue weighted by atomic mass is 10.2. The molecule has 0 aromatic carbocycles. The molecule has 0 unspecified atom stereocenters. The van der Waals surface area contributed by atoms with Gasteiger partial charge in [-0.2, -0.15) is 0 Å². The van der Waals surface area contributed by atoms with Crippen LogP contribution >= 0.6 is 0 Å². The van der Waals surface area contributed by atoms with E-state index in [9.17, 15) is 9.59 Å². The number of rotatable bonds is 8. The van der Waals surface area contributed by atoms with Crippen LogP contribution in [0, 0.1) is 13.8 Å². The Hall–Kier alpha value is -2.98. The molecule has 0 atom stereocenters. The summed E-state index contributed by atoms with van der Waals surface area (Å²) in [5.74, 6) is 0.428. The molecule has 3 rings (SSSR count). The molecule has 2 aromatic rings. The van der Waals surface area contributed by atoms with Gasteiger partial charge in [0.25, 0.3) is 5.56 Å². The van der Waals surface area contributed by atoms with E-state index in [1.54, 1.807) is 19.2 Å². The second-order valence-electron chi connectivity index (χ2n) is 7.28. The van der Waals surface area contributed by atoms with Crippen molar-refractivity contribution in [3.05, 3.63) is 45.6 Å². The second-order valence-corrected chi connectivity index (χ2v) is 7.28. The zero-order chi connectivity index (χ0) is 21.5. The van der Waals surface area contributed by atoms with Crippen LogP contribution in [0.1, 0.15) is 17.0 Å². The summed E-state index contributed by atoms with van der Waals surface area (Å²) in [6.07, 6.45) is 1.60. The molecule has 1 aliphatic heterocycles. The minimum Gasteiger partial charge on any atom is -0.384 e. The van der Waals surface area contributed by atoms with Crippen molar-refractivity contribution in [3.63, 3.8) is 0 Å². The van der Waals surface area contributed by atoms with Gasteiger partial charge in [-0.15, -0.1) is 0 Å². The average Bonchev–Trinajstić information content (AvgIpc) is 2.73. The van der Waals surface area contributed by atoms with E-state index in [2.05, 4.69) is 25.5 Å². The van der Waals surface area contributed by atoms with Crippen LogP contribution in [0.25, 0.3) is 0 Å². The lowest BCUT2D eigenvalue weighted by Crippen LogP contribution is -2.40. The fourth-order valence-corrected chi connectivity index (χ4v) is 3.24. The summed E-state index contributed by atoms with van der Waals surface area (Å²) in [4.78, 5) is 35.9. The van der Waals surface area contributed by atoms with Crippen LogP contribution in [-0.2, 0) is 22.6 Å². The Labute approximate surface area is 175 Å². The van der Waals surface area contributed by atoms with Crippen LogP contribution in [-0.4, -0.2) is 64.7 Å². The van der Waals surface area contributed by atoms with Crippen molar-refractivity contribution in [2.24, 2.45) is 0 Å². The van der Waals surface area contributed by atoms with Gasteiger partial charge >= 0.3 is 0 Å². The molecule has 0 aliphatic carbocycles. The number of ether oxygens (including phenoxy) is 1. The number of amides is 1. The number of nitrogens with zero attached hydrogens (tertiary/aromatic N) is 4. The third-order valence-electron chi connectivity index (χ3n) is 5.07. The van der Waals surface area contributed by atoms with Gasteiger partial charge in [0.15, 0.2) is 5.82 Å². The van der Waals surface area contributed by atoms with Gasteiger partial charge in [-0.25, -0.2) is 9.97 Å². The number of aromatic nitrogens is 3. The number of nitrogens with two attached hydrogens (primary N) is 1. The first-order valence-corrected chi connectivity index (χ1v) is 10.0. The Morgan fingerprint density at radius 1 is 1.27 bits per heavy atom. The monoisotopic (exact) mass is 415 g/mol. The number of aryl methyl sites for hydroxylation is 2. The maximum absolute atomic E-state index is 12.8. The van der Waals surface area contributed by atoms with Crippen molar-refractivity contribution in [2.45, 2.75) is 26.9 Å². The molecule has 1 aliphatic rings. The minimum atomic E-state index is -0.308. The minimum absolute atomic E-state index is 0.0766. The molecule has 1 fully saturated rings. The van der Waals surface area contributed by atoms with Crippen LogP contribution in [0.5, 0.6) is 0 Å². The lowest BCUT2D eigenvalue weighted by molar-refractivity contribution is -0.121. The van der Waals surface area contributed by atoms with Crippen molar-refractivity contribution >= 4 is 17.5 Å². The highest BCUT2D eigenvalue weighted by Crippen LogP contribution is 2.07. The first-order chi connectivity index (χ1) is 14.4. The molecule has 0 saturated carbocycles. The molecule has 4 N–H and O–H groups in total. The number of nitrogen functional groups attached to an aromatic ring is 1. The van der Waals surface area contributed by atoms with E-state index in [0.717, 1.165) is 44.1 Å². The molecule has 162 valence electrons. The number of anilines is 2. The Morgan fingerprint density at radius 2 is 2.03 bits per heavy atom. The summed E-state index contributed by atoms with van der Waals surface area (Å²) in [7, 11) is 0. The topological polar surface area (TPSA) is 127 Å². The summed E-state index contributed by atoms with van der Waals surface area (Å²) in [6, 6.07) is 3.53. The molecule has 10 heteroatoms. The molecular formula is C20H29N7O3. The van der Waals surface area contributed by atoms with Gasteiger partial charge < -0.3 is 21.1 Å². The van der Waals surface area contributed by atoms with Gasteiger partial charge in [0.1, 0.15) is 12.4 Å².